The van der Waals surface area contributed by atoms with Crippen LogP contribution in [0.15, 0.2) is 42.1 Å². The van der Waals surface area contributed by atoms with Crippen LogP contribution in [0.2, 0.25) is 0 Å². The molecule has 98 valence electrons. The van der Waals surface area contributed by atoms with Crippen LogP contribution in [0.5, 0.6) is 0 Å². The van der Waals surface area contributed by atoms with Gasteiger partial charge < -0.3 is 9.64 Å². The molecule has 0 radical (unpaired) electrons. The van der Waals surface area contributed by atoms with Crippen LogP contribution in [-0.2, 0) is 4.74 Å². The third kappa shape index (κ3) is 1.84. The molecule has 0 bridgehead atoms. The van der Waals surface area contributed by atoms with Crippen LogP contribution in [0.3, 0.4) is 0 Å². The van der Waals surface area contributed by atoms with Crippen LogP contribution in [0.4, 0.5) is 0 Å². The molecule has 3 nitrogen and oxygen atoms in total. The summed E-state index contributed by atoms with van der Waals surface area (Å²) >= 11 is 0. The van der Waals surface area contributed by atoms with Crippen molar-refractivity contribution in [1.82, 2.24) is 4.90 Å². The minimum Gasteiger partial charge on any atom is -0.346 e. The van der Waals surface area contributed by atoms with Gasteiger partial charge in [-0.2, -0.15) is 5.26 Å². The number of nitrogens with zero attached hydrogens (tertiary/aromatic N) is 2. The summed E-state index contributed by atoms with van der Waals surface area (Å²) in [5, 5.41) is 9.31. The molecule has 2 heterocycles. The van der Waals surface area contributed by atoms with Gasteiger partial charge in [0.1, 0.15) is 23.6 Å². The van der Waals surface area contributed by atoms with Gasteiger partial charge in [-0.25, -0.2) is 0 Å². The third-order valence-electron chi connectivity index (χ3n) is 4.18. The quantitative estimate of drug-likeness (QED) is 0.771. The van der Waals surface area contributed by atoms with Gasteiger partial charge in [-0.1, -0.05) is 30.3 Å². The third-order valence-corrected chi connectivity index (χ3v) is 4.18. The fraction of sp³-hybridized carbons (Fsp3) is 0.438. The van der Waals surface area contributed by atoms with Crippen molar-refractivity contribution >= 4 is 0 Å². The van der Waals surface area contributed by atoms with Crippen LogP contribution >= 0.6 is 0 Å². The molecule has 1 saturated heterocycles. The first-order valence-corrected chi connectivity index (χ1v) is 6.78. The molecular weight excluding hydrogens is 236 g/mol. The first-order valence-electron chi connectivity index (χ1n) is 6.78. The number of nitriles is 1. The van der Waals surface area contributed by atoms with Crippen molar-refractivity contribution in [2.45, 2.75) is 44.6 Å². The molecule has 0 spiro atoms. The molecule has 19 heavy (non-hydrogen) atoms. The van der Waals surface area contributed by atoms with Gasteiger partial charge in [0.25, 0.3) is 0 Å². The van der Waals surface area contributed by atoms with Gasteiger partial charge >= 0.3 is 0 Å². The average Bonchev–Trinajstić information content (AvgIpc) is 2.72. The largest absolute Gasteiger partial charge is 0.346 e. The fourth-order valence-corrected chi connectivity index (χ4v) is 3.31. The van der Waals surface area contributed by atoms with Crippen molar-refractivity contribution in [1.29, 1.82) is 5.26 Å². The number of allylic oxidation sites excluding steroid dienone is 2. The second-order valence-electron chi connectivity index (χ2n) is 5.47. The number of ether oxygens (including phenoxy) is 1. The smallest absolute Gasteiger partial charge is 0.140 e. The summed E-state index contributed by atoms with van der Waals surface area (Å²) in [6, 6.07) is 12.8. The van der Waals surface area contributed by atoms with Gasteiger partial charge in [-0.05, 0) is 38.3 Å². The first kappa shape index (κ1) is 12.3. The van der Waals surface area contributed by atoms with E-state index in [1.165, 1.54) is 5.56 Å². The van der Waals surface area contributed by atoms with E-state index in [1.54, 1.807) is 0 Å². The molecule has 3 heteroatoms. The van der Waals surface area contributed by atoms with E-state index in [0.717, 1.165) is 18.5 Å². The Hall–Kier alpha value is -1.79. The lowest BCUT2D eigenvalue weighted by Gasteiger charge is -2.39. The molecule has 0 N–H and O–H groups in total. The number of fused-ring (bicyclic) bond motifs is 1. The summed E-state index contributed by atoms with van der Waals surface area (Å²) in [6.07, 6.45) is 3.89. The minimum atomic E-state index is -0.347. The zero-order chi connectivity index (χ0) is 13.5. The molecule has 0 aliphatic carbocycles. The molecule has 0 amide bonds. The van der Waals surface area contributed by atoms with Gasteiger partial charge in [0.15, 0.2) is 0 Å². The summed E-state index contributed by atoms with van der Waals surface area (Å²) in [6.45, 7) is 4.23. The highest BCUT2D eigenvalue weighted by molar-refractivity contribution is 5.29. The second-order valence-corrected chi connectivity index (χ2v) is 5.47. The van der Waals surface area contributed by atoms with Crippen molar-refractivity contribution in [3.63, 3.8) is 0 Å². The number of hydrogen-bond donors (Lipinski definition) is 0. The van der Waals surface area contributed by atoms with Crippen LogP contribution in [0.1, 0.15) is 38.4 Å². The predicted octanol–water partition coefficient (Wildman–Crippen LogP) is 3.37. The Balaban J connectivity index is 1.98. The number of rotatable bonds is 1. The van der Waals surface area contributed by atoms with Crippen molar-refractivity contribution in [2.24, 2.45) is 0 Å². The van der Waals surface area contributed by atoms with Crippen LogP contribution in [0.25, 0.3) is 0 Å². The van der Waals surface area contributed by atoms with E-state index in [-0.39, 0.29) is 17.9 Å². The maximum Gasteiger partial charge on any atom is 0.140 e. The van der Waals surface area contributed by atoms with E-state index in [4.69, 9.17) is 4.74 Å². The lowest BCUT2D eigenvalue weighted by Crippen LogP contribution is -2.46. The summed E-state index contributed by atoms with van der Waals surface area (Å²) < 4.78 is 6.32. The molecule has 2 aliphatic rings. The van der Waals surface area contributed by atoms with E-state index < -0.39 is 0 Å². The molecule has 1 fully saturated rings. The topological polar surface area (TPSA) is 36.3 Å². The van der Waals surface area contributed by atoms with Crippen molar-refractivity contribution < 1.29 is 4.74 Å². The lowest BCUT2D eigenvalue weighted by molar-refractivity contribution is -0.0881. The van der Waals surface area contributed by atoms with Crippen LogP contribution in [0, 0.1) is 11.3 Å². The van der Waals surface area contributed by atoms with Crippen molar-refractivity contribution in [2.75, 3.05) is 0 Å². The molecule has 1 aromatic rings. The summed E-state index contributed by atoms with van der Waals surface area (Å²) in [5.41, 5.74) is 1.59. The molecular formula is C16H18N2O. The Morgan fingerprint density at radius 1 is 1.37 bits per heavy atom. The van der Waals surface area contributed by atoms with Gasteiger partial charge in [0.05, 0.1) is 6.04 Å². The van der Waals surface area contributed by atoms with Gasteiger partial charge in [0, 0.05) is 0 Å². The standard InChI is InChI=1S/C16H18N2O/c1-12-15(13-7-4-3-5-8-13)19-16(2)10-6-9-14(11-17)18(12)16/h3-5,7-9,12,15H,6,10H2,1-2H3/t12-,15-,16+/m1/s1. The maximum absolute atomic E-state index is 9.31. The number of hydrogen-bond acceptors (Lipinski definition) is 3. The highest BCUT2D eigenvalue weighted by Gasteiger charge is 2.50. The van der Waals surface area contributed by atoms with E-state index in [2.05, 4.69) is 36.9 Å². The summed E-state index contributed by atoms with van der Waals surface area (Å²) in [7, 11) is 0. The summed E-state index contributed by atoms with van der Waals surface area (Å²) in [4.78, 5) is 2.15. The van der Waals surface area contributed by atoms with E-state index >= 15 is 0 Å². The van der Waals surface area contributed by atoms with E-state index in [9.17, 15) is 5.26 Å². The van der Waals surface area contributed by atoms with Crippen LogP contribution < -0.4 is 0 Å². The lowest BCUT2D eigenvalue weighted by atomic mass is 9.98. The summed E-state index contributed by atoms with van der Waals surface area (Å²) in [5.74, 6) is 0. The zero-order valence-corrected chi connectivity index (χ0v) is 11.3. The molecule has 0 unspecified atom stereocenters. The van der Waals surface area contributed by atoms with Crippen LogP contribution in [-0.4, -0.2) is 16.7 Å². The highest BCUT2D eigenvalue weighted by Crippen LogP contribution is 2.47. The Morgan fingerprint density at radius 2 is 2.11 bits per heavy atom. The van der Waals surface area contributed by atoms with E-state index in [0.29, 0.717) is 0 Å². The molecule has 2 aliphatic heterocycles. The molecule has 3 atom stereocenters. The maximum atomic E-state index is 9.31. The predicted molar refractivity (Wildman–Crippen MR) is 72.9 cm³/mol. The minimum absolute atomic E-state index is 0.0288. The second kappa shape index (κ2) is 4.40. The molecule has 0 aromatic heterocycles. The average molecular weight is 254 g/mol. The molecule has 3 rings (SSSR count). The normalized spacial score (nSPS) is 33.5. The molecule has 1 aromatic carbocycles. The Kier molecular flexibility index (Phi) is 2.83. The zero-order valence-electron chi connectivity index (χ0n) is 11.3. The van der Waals surface area contributed by atoms with Crippen molar-refractivity contribution in [3.8, 4) is 6.07 Å². The van der Waals surface area contributed by atoms with Gasteiger partial charge in [-0.3, -0.25) is 0 Å². The Bertz CT molecular complexity index is 546. The van der Waals surface area contributed by atoms with Gasteiger partial charge in [0.2, 0.25) is 0 Å². The monoisotopic (exact) mass is 254 g/mol. The Labute approximate surface area is 114 Å². The first-order chi connectivity index (χ1) is 9.15. The fourth-order valence-electron chi connectivity index (χ4n) is 3.31. The molecule has 0 saturated carbocycles. The Morgan fingerprint density at radius 3 is 2.79 bits per heavy atom. The van der Waals surface area contributed by atoms with E-state index in [1.807, 2.05) is 24.3 Å². The highest BCUT2D eigenvalue weighted by atomic mass is 16.5. The van der Waals surface area contributed by atoms with Gasteiger partial charge in [-0.15, -0.1) is 0 Å². The number of benzene rings is 1. The van der Waals surface area contributed by atoms with Crippen molar-refractivity contribution in [3.05, 3.63) is 47.7 Å². The SMILES string of the molecule is C[C@@H]1[C@H](c2ccccc2)O[C@@]2(C)CCC=C(C#N)N12.